The van der Waals surface area contributed by atoms with Crippen LogP contribution >= 0.6 is 11.8 Å². The number of aromatic nitrogens is 2. The van der Waals surface area contributed by atoms with E-state index in [2.05, 4.69) is 24.3 Å². The summed E-state index contributed by atoms with van der Waals surface area (Å²) in [5.74, 6) is 0.254. The predicted octanol–water partition coefficient (Wildman–Crippen LogP) is 5.19. The van der Waals surface area contributed by atoms with Gasteiger partial charge >= 0.3 is 0 Å². The number of nitrogens with zero attached hydrogens (tertiary/aromatic N) is 3. The average Bonchev–Trinajstić information content (AvgIpc) is 3.20. The van der Waals surface area contributed by atoms with Crippen LogP contribution in [0.15, 0.2) is 58.5 Å². The van der Waals surface area contributed by atoms with Gasteiger partial charge in [-0.2, -0.15) is 5.26 Å². The molecule has 0 bridgehead atoms. The normalized spacial score (nSPS) is 16.1. The quantitative estimate of drug-likeness (QED) is 0.438. The number of fused-ring (bicyclic) bond motifs is 4. The van der Waals surface area contributed by atoms with E-state index >= 15 is 0 Å². The first-order valence-corrected chi connectivity index (χ1v) is 11.4. The standard InChI is InChI=1S/C25H23N3OS/c1-17-7-6-9-19(15-17)28-23(29)21-22(27-24(28)30-14-13-26)20-10-3-2-8-18(20)16-25(21)11-4-5-12-25/h2-3,6-10,15H,4-5,11-12,14,16H2,1H3. The Morgan fingerprint density at radius 1 is 1.17 bits per heavy atom. The number of hydrogen-bond donors (Lipinski definition) is 0. The van der Waals surface area contributed by atoms with Gasteiger partial charge in [-0.15, -0.1) is 0 Å². The minimum atomic E-state index is -0.127. The van der Waals surface area contributed by atoms with Crippen molar-refractivity contribution in [2.45, 2.75) is 49.6 Å². The summed E-state index contributed by atoms with van der Waals surface area (Å²) in [4.78, 5) is 19.2. The zero-order chi connectivity index (χ0) is 20.7. The Labute approximate surface area is 180 Å². The molecule has 5 heteroatoms. The fraction of sp³-hybridized carbons (Fsp3) is 0.320. The van der Waals surface area contributed by atoms with E-state index in [-0.39, 0.29) is 16.7 Å². The Hall–Kier alpha value is -2.84. The molecule has 0 aliphatic heterocycles. The van der Waals surface area contributed by atoms with Crippen molar-refractivity contribution in [1.82, 2.24) is 9.55 Å². The maximum absolute atomic E-state index is 14.1. The lowest BCUT2D eigenvalue weighted by Crippen LogP contribution is -2.40. The van der Waals surface area contributed by atoms with Gasteiger partial charge < -0.3 is 0 Å². The fourth-order valence-electron chi connectivity index (χ4n) is 5.20. The highest BCUT2D eigenvalue weighted by Gasteiger charge is 2.44. The highest BCUT2D eigenvalue weighted by molar-refractivity contribution is 7.99. The van der Waals surface area contributed by atoms with Crippen molar-refractivity contribution in [3.63, 3.8) is 0 Å². The Bertz CT molecular complexity index is 1230. The second kappa shape index (κ2) is 7.45. The number of rotatable bonds is 3. The highest BCUT2D eigenvalue weighted by Crippen LogP contribution is 2.50. The second-order valence-corrected chi connectivity index (χ2v) is 9.31. The maximum Gasteiger partial charge on any atom is 0.263 e. The van der Waals surface area contributed by atoms with Crippen LogP contribution in [0.1, 0.15) is 42.4 Å². The lowest BCUT2D eigenvalue weighted by atomic mass is 9.68. The van der Waals surface area contributed by atoms with Gasteiger partial charge in [0.2, 0.25) is 0 Å². The predicted molar refractivity (Wildman–Crippen MR) is 120 cm³/mol. The number of nitriles is 1. The average molecular weight is 414 g/mol. The van der Waals surface area contributed by atoms with Gasteiger partial charge in [-0.05, 0) is 49.4 Å². The molecule has 5 rings (SSSR count). The van der Waals surface area contributed by atoms with Gasteiger partial charge in [0.15, 0.2) is 5.16 Å². The molecule has 0 N–H and O–H groups in total. The summed E-state index contributed by atoms with van der Waals surface area (Å²) in [5.41, 5.74) is 5.87. The molecule has 0 unspecified atom stereocenters. The number of benzene rings is 2. The van der Waals surface area contributed by atoms with Gasteiger partial charge in [0, 0.05) is 11.0 Å². The molecule has 0 atom stereocenters. The van der Waals surface area contributed by atoms with Crippen molar-refractivity contribution in [1.29, 1.82) is 5.26 Å². The summed E-state index contributed by atoms with van der Waals surface area (Å²) in [6, 6.07) is 18.5. The van der Waals surface area contributed by atoms with E-state index in [1.165, 1.54) is 17.3 Å². The van der Waals surface area contributed by atoms with Crippen LogP contribution in [0.2, 0.25) is 0 Å². The number of aryl methyl sites for hydroxylation is 1. The number of hydrogen-bond acceptors (Lipinski definition) is 4. The Morgan fingerprint density at radius 3 is 2.73 bits per heavy atom. The zero-order valence-electron chi connectivity index (χ0n) is 17.0. The van der Waals surface area contributed by atoms with E-state index in [1.54, 1.807) is 4.57 Å². The van der Waals surface area contributed by atoms with Crippen LogP contribution in [0, 0.1) is 18.3 Å². The molecule has 150 valence electrons. The minimum Gasteiger partial charge on any atom is -0.268 e. The molecular weight excluding hydrogens is 390 g/mol. The zero-order valence-corrected chi connectivity index (χ0v) is 17.8. The van der Waals surface area contributed by atoms with Crippen molar-refractivity contribution in [2.75, 3.05) is 5.75 Å². The first-order chi connectivity index (χ1) is 14.6. The molecule has 1 spiro atoms. The van der Waals surface area contributed by atoms with E-state index < -0.39 is 0 Å². The smallest absolute Gasteiger partial charge is 0.263 e. The molecule has 1 heterocycles. The second-order valence-electron chi connectivity index (χ2n) is 8.37. The number of thioether (sulfide) groups is 1. The van der Waals surface area contributed by atoms with Crippen LogP contribution in [0.4, 0.5) is 0 Å². The summed E-state index contributed by atoms with van der Waals surface area (Å²) >= 11 is 1.33. The topological polar surface area (TPSA) is 58.7 Å². The lowest BCUT2D eigenvalue weighted by molar-refractivity contribution is 0.422. The fourth-order valence-corrected chi connectivity index (χ4v) is 5.87. The molecule has 0 saturated heterocycles. The third-order valence-electron chi connectivity index (χ3n) is 6.47. The van der Waals surface area contributed by atoms with Crippen molar-refractivity contribution >= 4 is 11.8 Å². The van der Waals surface area contributed by atoms with E-state index in [1.807, 2.05) is 37.3 Å². The maximum atomic E-state index is 14.1. The first kappa shape index (κ1) is 19.1. The van der Waals surface area contributed by atoms with Crippen LogP contribution in [0.25, 0.3) is 16.9 Å². The Morgan fingerprint density at radius 2 is 1.97 bits per heavy atom. The minimum absolute atomic E-state index is 0.0300. The van der Waals surface area contributed by atoms with E-state index in [0.29, 0.717) is 5.16 Å². The van der Waals surface area contributed by atoms with Gasteiger partial charge in [0.25, 0.3) is 5.56 Å². The largest absolute Gasteiger partial charge is 0.268 e. The SMILES string of the molecule is Cc1cccc(-n2c(SCC#N)nc3c(c2=O)C2(CCCC2)Cc2ccccc2-3)c1. The van der Waals surface area contributed by atoms with Crippen molar-refractivity contribution in [3.8, 4) is 23.0 Å². The van der Waals surface area contributed by atoms with Crippen LogP contribution in [0.3, 0.4) is 0 Å². The van der Waals surface area contributed by atoms with Gasteiger partial charge in [-0.1, -0.05) is 61.0 Å². The molecule has 1 fully saturated rings. The van der Waals surface area contributed by atoms with Gasteiger partial charge in [0.1, 0.15) is 0 Å². The van der Waals surface area contributed by atoms with E-state index in [9.17, 15) is 10.1 Å². The van der Waals surface area contributed by atoms with Crippen LogP contribution < -0.4 is 5.56 Å². The van der Waals surface area contributed by atoms with E-state index in [4.69, 9.17) is 4.98 Å². The molecule has 1 saturated carbocycles. The third-order valence-corrected chi connectivity index (χ3v) is 7.28. The molecular formula is C25H23N3OS. The summed E-state index contributed by atoms with van der Waals surface area (Å²) < 4.78 is 1.74. The molecule has 0 radical (unpaired) electrons. The van der Waals surface area contributed by atoms with Crippen molar-refractivity contribution < 1.29 is 0 Å². The Balaban J connectivity index is 1.85. The van der Waals surface area contributed by atoms with Gasteiger partial charge in [0.05, 0.1) is 28.8 Å². The van der Waals surface area contributed by atoms with Crippen molar-refractivity contribution in [2.24, 2.45) is 0 Å². The lowest BCUT2D eigenvalue weighted by Gasteiger charge is -2.36. The van der Waals surface area contributed by atoms with E-state index in [0.717, 1.165) is 60.2 Å². The molecule has 0 amide bonds. The molecule has 1 aromatic heterocycles. The summed E-state index contributed by atoms with van der Waals surface area (Å²) in [6.07, 6.45) is 5.27. The highest BCUT2D eigenvalue weighted by atomic mass is 32.2. The summed E-state index contributed by atoms with van der Waals surface area (Å²) in [5, 5.41) is 9.77. The van der Waals surface area contributed by atoms with Gasteiger partial charge in [-0.25, -0.2) is 4.98 Å². The molecule has 3 aromatic rings. The summed E-state index contributed by atoms with van der Waals surface area (Å²) in [6.45, 7) is 2.02. The van der Waals surface area contributed by atoms with Gasteiger partial charge in [-0.3, -0.25) is 9.36 Å². The van der Waals surface area contributed by atoms with Crippen LogP contribution in [-0.4, -0.2) is 15.3 Å². The van der Waals surface area contributed by atoms with Crippen LogP contribution in [0.5, 0.6) is 0 Å². The monoisotopic (exact) mass is 413 g/mol. The molecule has 30 heavy (non-hydrogen) atoms. The Kier molecular flexibility index (Phi) is 4.75. The third kappa shape index (κ3) is 2.98. The van der Waals surface area contributed by atoms with Crippen LogP contribution in [-0.2, 0) is 11.8 Å². The summed E-state index contributed by atoms with van der Waals surface area (Å²) in [7, 11) is 0. The molecule has 2 aliphatic carbocycles. The first-order valence-electron chi connectivity index (χ1n) is 10.5. The molecule has 4 nitrogen and oxygen atoms in total. The van der Waals surface area contributed by atoms with Crippen molar-refractivity contribution in [3.05, 3.63) is 75.6 Å². The molecule has 2 aliphatic rings. The molecule has 2 aromatic carbocycles.